The maximum Gasteiger partial charge on any atom is 0.0382 e. The molecule has 0 atom stereocenters. The Labute approximate surface area is 98.3 Å². The van der Waals surface area contributed by atoms with Gasteiger partial charge >= 0.3 is 0 Å². The minimum absolute atomic E-state index is 0.256. The van der Waals surface area contributed by atoms with Crippen molar-refractivity contribution in [1.29, 1.82) is 0 Å². The van der Waals surface area contributed by atoms with Gasteiger partial charge in [0.15, 0.2) is 0 Å². The van der Waals surface area contributed by atoms with Crippen LogP contribution in [-0.2, 0) is 10.8 Å². The summed E-state index contributed by atoms with van der Waals surface area (Å²) in [5.41, 5.74) is 5.17. The van der Waals surface area contributed by atoms with Crippen LogP contribution in [-0.4, -0.2) is 6.54 Å². The summed E-state index contributed by atoms with van der Waals surface area (Å²) < 4.78 is 0. The van der Waals surface area contributed by atoms with E-state index in [-0.39, 0.29) is 5.41 Å². The van der Waals surface area contributed by atoms with Crippen molar-refractivity contribution in [2.24, 2.45) is 0 Å². The Morgan fingerprint density at radius 1 is 1.19 bits per heavy atom. The molecule has 1 aliphatic heterocycles. The van der Waals surface area contributed by atoms with Crippen LogP contribution in [0.5, 0.6) is 0 Å². The maximum absolute atomic E-state index is 3.61. The molecule has 1 heterocycles. The van der Waals surface area contributed by atoms with Gasteiger partial charge in [-0.1, -0.05) is 39.3 Å². The summed E-state index contributed by atoms with van der Waals surface area (Å²) in [5.74, 6) is 0. The van der Waals surface area contributed by atoms with Gasteiger partial charge in [-0.2, -0.15) is 0 Å². The quantitative estimate of drug-likeness (QED) is 0.693. The predicted molar refractivity (Wildman–Crippen MR) is 69.2 cm³/mol. The number of rotatable bonds is 0. The zero-order chi connectivity index (χ0) is 11.4. The molecule has 1 nitrogen and oxygen atoms in total. The van der Waals surface area contributed by atoms with E-state index >= 15 is 0 Å². The third-order valence-corrected chi connectivity index (χ3v) is 4.38. The second-order valence-electron chi connectivity index (χ2n) is 6.50. The normalized spacial score (nSPS) is 21.4. The van der Waals surface area contributed by atoms with E-state index < -0.39 is 0 Å². The number of hydrogen-bond acceptors (Lipinski definition) is 1. The first-order valence-electron chi connectivity index (χ1n) is 6.40. The molecule has 1 N–H and O–H groups in total. The Bertz CT molecular complexity index is 422. The first-order chi connectivity index (χ1) is 7.51. The Hall–Kier alpha value is -0.980. The lowest BCUT2D eigenvalue weighted by Crippen LogP contribution is -2.35. The molecule has 1 fully saturated rings. The molecule has 0 aromatic heterocycles. The van der Waals surface area contributed by atoms with Crippen LogP contribution in [0.3, 0.4) is 0 Å². The molecule has 0 saturated heterocycles. The minimum Gasteiger partial charge on any atom is -0.384 e. The van der Waals surface area contributed by atoms with Crippen molar-refractivity contribution < 1.29 is 0 Å². The van der Waals surface area contributed by atoms with E-state index in [0.29, 0.717) is 5.41 Å². The molecule has 1 saturated carbocycles. The second-order valence-corrected chi connectivity index (χ2v) is 6.50. The lowest BCUT2D eigenvalue weighted by atomic mass is 9.65. The van der Waals surface area contributed by atoms with Gasteiger partial charge in [-0.25, -0.2) is 0 Å². The van der Waals surface area contributed by atoms with Crippen molar-refractivity contribution in [1.82, 2.24) is 0 Å². The summed E-state index contributed by atoms with van der Waals surface area (Å²) in [6.07, 6.45) is 4.16. The summed E-state index contributed by atoms with van der Waals surface area (Å²) >= 11 is 0. The highest BCUT2D eigenvalue weighted by atomic mass is 14.9. The van der Waals surface area contributed by atoms with Gasteiger partial charge in [-0.3, -0.25) is 0 Å². The lowest BCUT2D eigenvalue weighted by Gasteiger charge is -2.38. The van der Waals surface area contributed by atoms with Crippen LogP contribution in [0.25, 0.3) is 0 Å². The van der Waals surface area contributed by atoms with Crippen LogP contribution in [0.2, 0.25) is 0 Å². The van der Waals surface area contributed by atoms with Gasteiger partial charge in [0, 0.05) is 17.6 Å². The number of benzene rings is 1. The lowest BCUT2D eigenvalue weighted by molar-refractivity contribution is 0.272. The Balaban J connectivity index is 2.03. The Morgan fingerprint density at radius 3 is 2.50 bits per heavy atom. The topological polar surface area (TPSA) is 12.0 Å². The summed E-state index contributed by atoms with van der Waals surface area (Å²) in [7, 11) is 0. The van der Waals surface area contributed by atoms with Crippen molar-refractivity contribution in [3.63, 3.8) is 0 Å². The first kappa shape index (κ1) is 10.2. The van der Waals surface area contributed by atoms with Crippen molar-refractivity contribution in [3.8, 4) is 0 Å². The molecule has 2 aliphatic rings. The third-order valence-electron chi connectivity index (χ3n) is 4.38. The van der Waals surface area contributed by atoms with Crippen molar-refractivity contribution >= 4 is 5.69 Å². The van der Waals surface area contributed by atoms with E-state index in [1.807, 2.05) is 0 Å². The summed E-state index contributed by atoms with van der Waals surface area (Å²) in [6, 6.07) is 7.06. The van der Waals surface area contributed by atoms with E-state index in [0.717, 1.165) is 6.54 Å². The minimum atomic E-state index is 0.256. The predicted octanol–water partition coefficient (Wildman–Crippen LogP) is 3.83. The molecule has 1 aromatic carbocycles. The molecule has 1 aromatic rings. The van der Waals surface area contributed by atoms with Crippen LogP contribution < -0.4 is 5.32 Å². The molecule has 0 bridgehead atoms. The summed E-state index contributed by atoms with van der Waals surface area (Å²) in [4.78, 5) is 0. The van der Waals surface area contributed by atoms with Crippen LogP contribution >= 0.6 is 0 Å². The van der Waals surface area contributed by atoms with Crippen molar-refractivity contribution in [2.45, 2.75) is 50.9 Å². The Morgan fingerprint density at radius 2 is 1.94 bits per heavy atom. The monoisotopic (exact) mass is 215 g/mol. The van der Waals surface area contributed by atoms with E-state index in [9.17, 15) is 0 Å². The molecular formula is C15H21N. The van der Waals surface area contributed by atoms with E-state index in [1.54, 1.807) is 5.56 Å². The van der Waals surface area contributed by atoms with Crippen LogP contribution in [0.4, 0.5) is 5.69 Å². The zero-order valence-electron chi connectivity index (χ0n) is 10.6. The molecule has 1 aliphatic carbocycles. The van der Waals surface area contributed by atoms with Crippen LogP contribution in [0.1, 0.15) is 51.2 Å². The van der Waals surface area contributed by atoms with E-state index in [2.05, 4.69) is 44.3 Å². The SMILES string of the molecule is CC(C)(C)c1ccc2c(c1)NCC21CCC1. The molecule has 86 valence electrons. The number of fused-ring (bicyclic) bond motifs is 2. The third kappa shape index (κ3) is 1.30. The zero-order valence-corrected chi connectivity index (χ0v) is 10.6. The number of hydrogen-bond donors (Lipinski definition) is 1. The second kappa shape index (κ2) is 3.03. The summed E-state index contributed by atoms with van der Waals surface area (Å²) in [6.45, 7) is 8.00. The molecule has 16 heavy (non-hydrogen) atoms. The van der Waals surface area contributed by atoms with Gasteiger partial charge < -0.3 is 5.32 Å². The fourth-order valence-electron chi connectivity index (χ4n) is 3.03. The van der Waals surface area contributed by atoms with Gasteiger partial charge in [0.25, 0.3) is 0 Å². The van der Waals surface area contributed by atoms with Gasteiger partial charge in [-0.15, -0.1) is 0 Å². The average molecular weight is 215 g/mol. The average Bonchev–Trinajstić information content (AvgIpc) is 2.53. The Kier molecular flexibility index (Phi) is 1.93. The number of anilines is 1. The van der Waals surface area contributed by atoms with Crippen molar-refractivity contribution in [3.05, 3.63) is 29.3 Å². The van der Waals surface area contributed by atoms with Gasteiger partial charge in [0.05, 0.1) is 0 Å². The fourth-order valence-corrected chi connectivity index (χ4v) is 3.03. The highest BCUT2D eigenvalue weighted by molar-refractivity contribution is 5.63. The fraction of sp³-hybridized carbons (Fsp3) is 0.600. The van der Waals surface area contributed by atoms with Crippen LogP contribution in [0.15, 0.2) is 18.2 Å². The standard InChI is InChI=1S/C15H21N/c1-14(2,3)11-5-6-12-13(9-11)16-10-15(12)7-4-8-15/h5-6,9,16H,4,7-8,10H2,1-3H3. The molecule has 0 unspecified atom stereocenters. The molecule has 0 amide bonds. The highest BCUT2D eigenvalue weighted by Crippen LogP contribution is 2.50. The van der Waals surface area contributed by atoms with Gasteiger partial charge in [-0.05, 0) is 35.4 Å². The smallest absolute Gasteiger partial charge is 0.0382 e. The van der Waals surface area contributed by atoms with E-state index in [4.69, 9.17) is 0 Å². The van der Waals surface area contributed by atoms with Gasteiger partial charge in [0.1, 0.15) is 0 Å². The maximum atomic E-state index is 3.61. The van der Waals surface area contributed by atoms with E-state index in [1.165, 1.54) is 30.5 Å². The van der Waals surface area contributed by atoms with Crippen LogP contribution in [0, 0.1) is 0 Å². The van der Waals surface area contributed by atoms with Gasteiger partial charge in [0.2, 0.25) is 0 Å². The molecule has 1 heteroatoms. The largest absolute Gasteiger partial charge is 0.384 e. The molecular weight excluding hydrogens is 194 g/mol. The molecule has 3 rings (SSSR count). The number of nitrogens with one attached hydrogen (secondary N) is 1. The highest BCUT2D eigenvalue weighted by Gasteiger charge is 2.43. The first-order valence-corrected chi connectivity index (χ1v) is 6.40. The van der Waals surface area contributed by atoms with Crippen molar-refractivity contribution in [2.75, 3.05) is 11.9 Å². The summed E-state index contributed by atoms with van der Waals surface area (Å²) in [5, 5.41) is 3.61. The molecule has 0 radical (unpaired) electrons. The molecule has 1 spiro atoms.